The highest BCUT2D eigenvalue weighted by Gasteiger charge is 2.22. The zero-order valence-corrected chi connectivity index (χ0v) is 13.7. The normalized spacial score (nSPS) is 11.1. The molecule has 1 aromatic heterocycles. The molecular weight excluding hydrogens is 314 g/mol. The van der Waals surface area contributed by atoms with Crippen molar-refractivity contribution in [3.8, 4) is 0 Å². The summed E-state index contributed by atoms with van der Waals surface area (Å²) in [4.78, 5) is 27.1. The Kier molecular flexibility index (Phi) is 3.61. The fourth-order valence-electron chi connectivity index (χ4n) is 2.91. The molecular formula is C20H17N3O2. The van der Waals surface area contributed by atoms with E-state index in [1.54, 1.807) is 6.20 Å². The number of fused-ring (bicyclic) bond motifs is 1. The minimum atomic E-state index is -0.502. The molecule has 0 fully saturated rings. The topological polar surface area (TPSA) is 74.0 Å². The van der Waals surface area contributed by atoms with Gasteiger partial charge in [-0.2, -0.15) is 0 Å². The Balaban J connectivity index is 1.64. The van der Waals surface area contributed by atoms with E-state index in [9.17, 15) is 9.59 Å². The summed E-state index contributed by atoms with van der Waals surface area (Å²) in [5.41, 5.74) is 3.34. The van der Waals surface area contributed by atoms with Gasteiger partial charge in [-0.15, -0.1) is 0 Å². The molecule has 0 saturated heterocycles. The number of benzene rings is 2. The number of anilines is 4. The second-order valence-electron chi connectivity index (χ2n) is 5.96. The second-order valence-corrected chi connectivity index (χ2v) is 5.96. The first-order chi connectivity index (χ1) is 12.2. The Hall–Kier alpha value is -3.34. The van der Waals surface area contributed by atoms with Gasteiger partial charge in [-0.05, 0) is 30.2 Å². The summed E-state index contributed by atoms with van der Waals surface area (Å²) in [6.45, 7) is 2.09. The van der Waals surface area contributed by atoms with Gasteiger partial charge in [0.05, 0.1) is 5.69 Å². The zero-order valence-electron chi connectivity index (χ0n) is 13.7. The van der Waals surface area contributed by atoms with Gasteiger partial charge >= 0.3 is 0 Å². The van der Waals surface area contributed by atoms with E-state index in [0.29, 0.717) is 11.4 Å². The van der Waals surface area contributed by atoms with E-state index >= 15 is 0 Å². The summed E-state index contributed by atoms with van der Waals surface area (Å²) >= 11 is 0. The van der Waals surface area contributed by atoms with Crippen molar-refractivity contribution in [1.82, 2.24) is 4.98 Å². The minimum Gasteiger partial charge on any atom is -0.359 e. The maximum absolute atomic E-state index is 12.0. The lowest BCUT2D eigenvalue weighted by atomic mass is 10.1. The molecule has 0 unspecified atom stereocenters. The molecule has 0 radical (unpaired) electrons. The first kappa shape index (κ1) is 15.2. The molecule has 5 nitrogen and oxygen atoms in total. The third kappa shape index (κ3) is 2.59. The van der Waals surface area contributed by atoms with Crippen molar-refractivity contribution in [2.75, 3.05) is 10.6 Å². The van der Waals surface area contributed by atoms with E-state index in [0.717, 1.165) is 28.7 Å². The van der Waals surface area contributed by atoms with E-state index in [1.165, 1.54) is 5.56 Å². The smallest absolute Gasteiger partial charge is 0.253 e. The summed E-state index contributed by atoms with van der Waals surface area (Å²) in [7, 11) is 0. The van der Waals surface area contributed by atoms with Gasteiger partial charge in [0.2, 0.25) is 0 Å². The molecule has 0 aliphatic carbocycles. The Morgan fingerprint density at radius 2 is 1.56 bits per heavy atom. The van der Waals surface area contributed by atoms with Crippen molar-refractivity contribution in [1.29, 1.82) is 0 Å². The Morgan fingerprint density at radius 3 is 2.28 bits per heavy atom. The molecule has 0 bridgehead atoms. The van der Waals surface area contributed by atoms with Crippen molar-refractivity contribution in [3.05, 3.63) is 80.7 Å². The highest BCUT2D eigenvalue weighted by molar-refractivity contribution is 5.96. The third-order valence-electron chi connectivity index (χ3n) is 4.39. The van der Waals surface area contributed by atoms with E-state index in [-0.39, 0.29) is 0 Å². The number of aromatic nitrogens is 1. The van der Waals surface area contributed by atoms with Gasteiger partial charge in [0.1, 0.15) is 11.4 Å². The largest absolute Gasteiger partial charge is 0.359 e. The average molecular weight is 331 g/mol. The molecule has 4 rings (SSSR count). The summed E-state index contributed by atoms with van der Waals surface area (Å²) in [6, 6.07) is 15.6. The predicted octanol–water partition coefficient (Wildman–Crippen LogP) is 3.81. The molecule has 3 aromatic carbocycles. The molecule has 4 aromatic rings. The maximum atomic E-state index is 12.0. The highest BCUT2D eigenvalue weighted by atomic mass is 16.2. The minimum absolute atomic E-state index is 0.300. The third-order valence-corrected chi connectivity index (χ3v) is 4.39. The van der Waals surface area contributed by atoms with Gasteiger partial charge in [-0.25, -0.2) is 0 Å². The van der Waals surface area contributed by atoms with Gasteiger partial charge < -0.3 is 15.6 Å². The fraction of sp³-hybridized carbons (Fsp3) is 0.100. The second kappa shape index (κ2) is 5.94. The van der Waals surface area contributed by atoms with Crippen LogP contribution in [0.5, 0.6) is 0 Å². The zero-order chi connectivity index (χ0) is 17.4. The monoisotopic (exact) mass is 331 g/mol. The molecule has 0 aliphatic heterocycles. The number of H-pyrrole nitrogens is 1. The predicted molar refractivity (Wildman–Crippen MR) is 102 cm³/mol. The molecule has 0 aliphatic rings. The number of para-hydroxylation sites is 1. The summed E-state index contributed by atoms with van der Waals surface area (Å²) in [5, 5.41) is 7.11. The molecule has 5 heteroatoms. The molecule has 3 N–H and O–H groups in total. The number of aryl methyl sites for hydroxylation is 1. The lowest BCUT2D eigenvalue weighted by Gasteiger charge is -2.14. The van der Waals surface area contributed by atoms with Crippen LogP contribution in [0, 0.1) is 0 Å². The van der Waals surface area contributed by atoms with Crippen LogP contribution in [0.15, 0.2) is 64.3 Å². The fourth-order valence-corrected chi connectivity index (χ4v) is 2.91. The van der Waals surface area contributed by atoms with Crippen LogP contribution in [0.4, 0.5) is 22.7 Å². The van der Waals surface area contributed by atoms with Crippen molar-refractivity contribution in [2.24, 2.45) is 0 Å². The molecule has 0 atom stereocenters. The lowest BCUT2D eigenvalue weighted by Crippen LogP contribution is -2.35. The highest BCUT2D eigenvalue weighted by Crippen LogP contribution is 2.29. The molecule has 0 saturated carbocycles. The van der Waals surface area contributed by atoms with Crippen LogP contribution < -0.4 is 21.5 Å². The van der Waals surface area contributed by atoms with E-state index in [1.807, 2.05) is 48.5 Å². The van der Waals surface area contributed by atoms with Crippen LogP contribution in [0.3, 0.4) is 0 Å². The number of hydrogen-bond acceptors (Lipinski definition) is 4. The van der Waals surface area contributed by atoms with E-state index < -0.39 is 10.9 Å². The first-order valence-electron chi connectivity index (χ1n) is 8.19. The molecule has 0 amide bonds. The van der Waals surface area contributed by atoms with Crippen LogP contribution in [0.25, 0.3) is 10.9 Å². The van der Waals surface area contributed by atoms with Crippen molar-refractivity contribution >= 4 is 33.7 Å². The number of nitrogens with one attached hydrogen (secondary N) is 3. The lowest BCUT2D eigenvalue weighted by molar-refractivity contribution is 1.14. The SMILES string of the molecule is CCc1ccc(Nc2c(Nc3c[nH]c4ccccc34)c(=O)c2=O)cc1. The average Bonchev–Trinajstić information content (AvgIpc) is 3.08. The molecule has 25 heavy (non-hydrogen) atoms. The Morgan fingerprint density at radius 1 is 0.880 bits per heavy atom. The van der Waals surface area contributed by atoms with Crippen molar-refractivity contribution in [3.63, 3.8) is 0 Å². The number of rotatable bonds is 5. The quantitative estimate of drug-likeness (QED) is 0.486. The van der Waals surface area contributed by atoms with E-state index in [2.05, 4.69) is 22.5 Å². The Labute approximate surface area is 144 Å². The van der Waals surface area contributed by atoms with Gasteiger partial charge in [-0.1, -0.05) is 37.3 Å². The standard InChI is InChI=1S/C20H17N3O2/c1-2-12-7-9-13(10-8-12)22-17-18(20(25)19(17)24)23-16-11-21-15-6-4-3-5-14(15)16/h3-11,21-23H,2H2,1H3. The number of aromatic amines is 1. The molecule has 0 spiro atoms. The first-order valence-corrected chi connectivity index (χ1v) is 8.19. The van der Waals surface area contributed by atoms with Crippen LogP contribution >= 0.6 is 0 Å². The van der Waals surface area contributed by atoms with Crippen LogP contribution in [0.1, 0.15) is 12.5 Å². The van der Waals surface area contributed by atoms with E-state index in [4.69, 9.17) is 0 Å². The summed E-state index contributed by atoms with van der Waals surface area (Å²) < 4.78 is 0. The summed E-state index contributed by atoms with van der Waals surface area (Å²) in [6.07, 6.45) is 2.75. The maximum Gasteiger partial charge on any atom is 0.253 e. The van der Waals surface area contributed by atoms with Crippen LogP contribution in [-0.4, -0.2) is 4.98 Å². The van der Waals surface area contributed by atoms with Crippen LogP contribution in [0.2, 0.25) is 0 Å². The van der Waals surface area contributed by atoms with Gasteiger partial charge in [0.15, 0.2) is 0 Å². The van der Waals surface area contributed by atoms with Crippen LogP contribution in [-0.2, 0) is 6.42 Å². The molecule has 124 valence electrons. The van der Waals surface area contributed by atoms with Gasteiger partial charge in [0, 0.05) is 22.8 Å². The van der Waals surface area contributed by atoms with Gasteiger partial charge in [0.25, 0.3) is 10.9 Å². The Bertz CT molecular complexity index is 1120. The van der Waals surface area contributed by atoms with Gasteiger partial charge in [-0.3, -0.25) is 9.59 Å². The number of hydrogen-bond donors (Lipinski definition) is 3. The van der Waals surface area contributed by atoms with Crippen molar-refractivity contribution < 1.29 is 0 Å². The summed E-state index contributed by atoms with van der Waals surface area (Å²) in [5.74, 6) is 0. The molecule has 1 heterocycles. The van der Waals surface area contributed by atoms with Crippen molar-refractivity contribution in [2.45, 2.75) is 13.3 Å².